The summed E-state index contributed by atoms with van der Waals surface area (Å²) in [5.41, 5.74) is 2.73. The third kappa shape index (κ3) is 4.49. The van der Waals surface area contributed by atoms with Gasteiger partial charge in [-0.25, -0.2) is 0 Å². The lowest BCUT2D eigenvalue weighted by molar-refractivity contribution is -0.129. The molecule has 7 heteroatoms. The minimum atomic E-state index is -0.360. The highest BCUT2D eigenvalue weighted by Gasteiger charge is 2.34. The van der Waals surface area contributed by atoms with Crippen molar-refractivity contribution in [2.45, 2.75) is 32.4 Å². The van der Waals surface area contributed by atoms with Crippen LogP contribution in [0.25, 0.3) is 0 Å². The predicted molar refractivity (Wildman–Crippen MR) is 115 cm³/mol. The van der Waals surface area contributed by atoms with Crippen LogP contribution < -0.4 is 10.2 Å². The van der Waals surface area contributed by atoms with Crippen molar-refractivity contribution in [1.29, 1.82) is 0 Å². The predicted octanol–water partition coefficient (Wildman–Crippen LogP) is 3.13. The molecule has 2 saturated heterocycles. The molecule has 1 unspecified atom stereocenters. The molecule has 6 nitrogen and oxygen atoms in total. The monoisotopic (exact) mass is 425 g/mol. The first-order valence-corrected chi connectivity index (χ1v) is 10.6. The van der Waals surface area contributed by atoms with Crippen LogP contribution in [0.4, 0.5) is 5.69 Å². The van der Waals surface area contributed by atoms with Crippen molar-refractivity contribution in [1.82, 2.24) is 10.2 Å². The van der Waals surface area contributed by atoms with Crippen molar-refractivity contribution in [3.05, 3.63) is 64.7 Å². The minimum absolute atomic E-state index is 0.0327. The average Bonchev–Trinajstić information content (AvgIpc) is 3.34. The molecule has 0 aromatic heterocycles. The van der Waals surface area contributed by atoms with Gasteiger partial charge < -0.3 is 15.1 Å². The molecule has 2 fully saturated rings. The fourth-order valence-electron chi connectivity index (χ4n) is 3.98. The van der Waals surface area contributed by atoms with Crippen LogP contribution in [0.15, 0.2) is 48.5 Å². The molecular weight excluding hydrogens is 402 g/mol. The number of hydrogen-bond donors (Lipinski definition) is 1. The van der Waals surface area contributed by atoms with Crippen molar-refractivity contribution in [2.24, 2.45) is 5.92 Å². The first kappa shape index (κ1) is 20.4. The van der Waals surface area contributed by atoms with Crippen molar-refractivity contribution < 1.29 is 14.4 Å². The zero-order chi connectivity index (χ0) is 21.1. The van der Waals surface area contributed by atoms with Gasteiger partial charge in [0.2, 0.25) is 17.7 Å². The summed E-state index contributed by atoms with van der Waals surface area (Å²) in [5, 5.41) is 3.55. The van der Waals surface area contributed by atoms with Gasteiger partial charge in [-0.1, -0.05) is 41.9 Å². The molecule has 30 heavy (non-hydrogen) atoms. The number of carbonyl (C=O) groups is 3. The molecule has 0 aliphatic carbocycles. The average molecular weight is 426 g/mol. The number of nitrogens with one attached hydrogen (secondary N) is 1. The summed E-state index contributed by atoms with van der Waals surface area (Å²) in [6.07, 6.45) is 1.71. The highest BCUT2D eigenvalue weighted by atomic mass is 35.5. The maximum Gasteiger partial charge on any atom is 0.227 e. The van der Waals surface area contributed by atoms with Crippen LogP contribution >= 0.6 is 11.6 Å². The largest absolute Gasteiger partial charge is 0.352 e. The van der Waals surface area contributed by atoms with Gasteiger partial charge in [0.1, 0.15) is 0 Å². The Hall–Kier alpha value is -2.86. The molecular formula is C23H24ClN3O3. The summed E-state index contributed by atoms with van der Waals surface area (Å²) in [7, 11) is 0. The van der Waals surface area contributed by atoms with E-state index in [0.29, 0.717) is 31.1 Å². The van der Waals surface area contributed by atoms with Crippen molar-refractivity contribution >= 4 is 35.0 Å². The Morgan fingerprint density at radius 1 is 1.07 bits per heavy atom. The quantitative estimate of drug-likeness (QED) is 0.773. The third-order valence-corrected chi connectivity index (χ3v) is 6.06. The second-order valence-electron chi connectivity index (χ2n) is 7.80. The molecule has 0 bridgehead atoms. The van der Waals surface area contributed by atoms with Crippen molar-refractivity contribution in [3.8, 4) is 0 Å². The summed E-state index contributed by atoms with van der Waals surface area (Å²) >= 11 is 6.19. The van der Waals surface area contributed by atoms with E-state index in [4.69, 9.17) is 11.6 Å². The van der Waals surface area contributed by atoms with Crippen molar-refractivity contribution in [3.63, 3.8) is 0 Å². The first-order valence-electron chi connectivity index (χ1n) is 10.2. The minimum Gasteiger partial charge on any atom is -0.352 e. The number of carbonyl (C=O) groups excluding carboxylic acids is 3. The van der Waals surface area contributed by atoms with Crippen LogP contribution in [0, 0.1) is 5.92 Å². The molecule has 0 radical (unpaired) electrons. The summed E-state index contributed by atoms with van der Waals surface area (Å²) < 4.78 is 0. The smallest absolute Gasteiger partial charge is 0.227 e. The molecule has 156 valence electrons. The normalized spacial score (nSPS) is 18.9. The summed E-state index contributed by atoms with van der Waals surface area (Å²) in [4.78, 5) is 40.2. The zero-order valence-electron chi connectivity index (χ0n) is 16.6. The SMILES string of the molecule is O=C(NCc1ccc(N2CCCC2=O)cc1)C1CC(=O)N(Cc2ccccc2Cl)C1. The highest BCUT2D eigenvalue weighted by Crippen LogP contribution is 2.24. The third-order valence-electron chi connectivity index (χ3n) is 5.69. The molecule has 2 aromatic rings. The van der Waals surface area contributed by atoms with E-state index >= 15 is 0 Å². The van der Waals surface area contributed by atoms with Crippen LogP contribution in [0.3, 0.4) is 0 Å². The number of anilines is 1. The maximum absolute atomic E-state index is 12.6. The Morgan fingerprint density at radius 2 is 1.83 bits per heavy atom. The van der Waals surface area contributed by atoms with Gasteiger partial charge in [0.25, 0.3) is 0 Å². The zero-order valence-corrected chi connectivity index (χ0v) is 17.4. The van der Waals surface area contributed by atoms with Crippen LogP contribution in [0.1, 0.15) is 30.4 Å². The van der Waals surface area contributed by atoms with Gasteiger partial charge in [0, 0.05) is 49.7 Å². The molecule has 0 spiro atoms. The number of halogens is 1. The van der Waals surface area contributed by atoms with Gasteiger partial charge in [-0.2, -0.15) is 0 Å². The number of likely N-dealkylation sites (tertiary alicyclic amines) is 1. The summed E-state index contributed by atoms with van der Waals surface area (Å²) in [6, 6.07) is 15.1. The van der Waals surface area contributed by atoms with Gasteiger partial charge in [-0.15, -0.1) is 0 Å². The standard InChI is InChI=1S/C23H24ClN3O3/c24-20-5-2-1-4-17(20)14-26-15-18(12-22(26)29)23(30)25-13-16-7-9-19(10-8-16)27-11-3-6-21(27)28/h1-2,4-5,7-10,18H,3,6,11-15H2,(H,25,30). The Morgan fingerprint density at radius 3 is 2.53 bits per heavy atom. The summed E-state index contributed by atoms with van der Waals surface area (Å²) in [5.74, 6) is -0.358. The molecule has 1 atom stereocenters. The number of nitrogens with zero attached hydrogens (tertiary/aromatic N) is 2. The van der Waals surface area contributed by atoms with Crippen molar-refractivity contribution in [2.75, 3.05) is 18.0 Å². The second kappa shape index (κ2) is 8.88. The van der Waals surface area contributed by atoms with E-state index in [2.05, 4.69) is 5.32 Å². The molecule has 3 amide bonds. The lowest BCUT2D eigenvalue weighted by Gasteiger charge is -2.18. The molecule has 1 N–H and O–H groups in total. The lowest BCUT2D eigenvalue weighted by atomic mass is 10.1. The summed E-state index contributed by atoms with van der Waals surface area (Å²) in [6.45, 7) is 1.96. The van der Waals surface area contributed by atoms with E-state index in [0.717, 1.165) is 29.8 Å². The van der Waals surface area contributed by atoms with Gasteiger partial charge >= 0.3 is 0 Å². The molecule has 2 heterocycles. The van der Waals surface area contributed by atoms with E-state index < -0.39 is 0 Å². The lowest BCUT2D eigenvalue weighted by Crippen LogP contribution is -2.32. The fourth-order valence-corrected chi connectivity index (χ4v) is 4.18. The molecule has 0 saturated carbocycles. The van der Waals surface area contributed by atoms with Crippen LogP contribution in [0.5, 0.6) is 0 Å². The number of rotatable bonds is 6. The molecule has 4 rings (SSSR count). The highest BCUT2D eigenvalue weighted by molar-refractivity contribution is 6.31. The topological polar surface area (TPSA) is 69.7 Å². The maximum atomic E-state index is 12.6. The Labute approximate surface area is 180 Å². The van der Waals surface area contributed by atoms with Gasteiger partial charge in [0.15, 0.2) is 0 Å². The Kier molecular flexibility index (Phi) is 6.04. The molecule has 2 aliphatic rings. The second-order valence-corrected chi connectivity index (χ2v) is 8.21. The molecule has 2 aliphatic heterocycles. The van der Waals surface area contributed by atoms with E-state index in [1.807, 2.05) is 42.5 Å². The van der Waals surface area contributed by atoms with Crippen LogP contribution in [-0.2, 0) is 27.5 Å². The van der Waals surface area contributed by atoms with E-state index in [1.54, 1.807) is 15.9 Å². The number of amides is 3. The van der Waals surface area contributed by atoms with E-state index in [9.17, 15) is 14.4 Å². The van der Waals surface area contributed by atoms with E-state index in [1.165, 1.54) is 0 Å². The molecule has 2 aromatic carbocycles. The van der Waals surface area contributed by atoms with Gasteiger partial charge in [-0.05, 0) is 35.7 Å². The van der Waals surface area contributed by atoms with Crippen LogP contribution in [0.2, 0.25) is 5.02 Å². The first-order chi connectivity index (χ1) is 14.5. The van der Waals surface area contributed by atoms with Gasteiger partial charge in [0.05, 0.1) is 5.92 Å². The van der Waals surface area contributed by atoms with Gasteiger partial charge in [-0.3, -0.25) is 14.4 Å². The Balaban J connectivity index is 1.29. The fraction of sp³-hybridized carbons (Fsp3) is 0.348. The van der Waals surface area contributed by atoms with Crippen LogP contribution in [-0.4, -0.2) is 35.7 Å². The Bertz CT molecular complexity index is 960. The van der Waals surface area contributed by atoms with E-state index in [-0.39, 0.29) is 30.1 Å². The number of hydrogen-bond acceptors (Lipinski definition) is 3. The number of benzene rings is 2.